The first-order valence-electron chi connectivity index (χ1n) is 5.14. The van der Waals surface area contributed by atoms with E-state index in [0.717, 1.165) is 5.56 Å². The van der Waals surface area contributed by atoms with E-state index in [9.17, 15) is 10.1 Å². The van der Waals surface area contributed by atoms with Crippen molar-refractivity contribution in [1.29, 1.82) is 0 Å². The van der Waals surface area contributed by atoms with Gasteiger partial charge in [-0.1, -0.05) is 41.9 Å². The molecule has 1 aromatic heterocycles. The highest BCUT2D eigenvalue weighted by Crippen LogP contribution is 2.26. The molecule has 6 heteroatoms. The van der Waals surface area contributed by atoms with Crippen LogP contribution in [0, 0.1) is 10.1 Å². The van der Waals surface area contributed by atoms with Crippen LogP contribution in [0.25, 0.3) is 0 Å². The Bertz CT molecular complexity index is 561. The van der Waals surface area contributed by atoms with Crippen LogP contribution in [0.5, 0.6) is 5.88 Å². The van der Waals surface area contributed by atoms with Crippen LogP contribution in [-0.4, -0.2) is 9.91 Å². The first kappa shape index (κ1) is 12.3. The van der Waals surface area contributed by atoms with Crippen LogP contribution >= 0.6 is 11.6 Å². The highest BCUT2D eigenvalue weighted by molar-refractivity contribution is 6.29. The fourth-order valence-electron chi connectivity index (χ4n) is 1.38. The van der Waals surface area contributed by atoms with Crippen LogP contribution in [-0.2, 0) is 6.61 Å². The van der Waals surface area contributed by atoms with Gasteiger partial charge in [0.2, 0.25) is 0 Å². The van der Waals surface area contributed by atoms with Crippen molar-refractivity contribution in [2.45, 2.75) is 6.61 Å². The van der Waals surface area contributed by atoms with Crippen LogP contribution in [0.1, 0.15) is 5.56 Å². The van der Waals surface area contributed by atoms with E-state index < -0.39 is 4.92 Å². The maximum Gasteiger partial charge on any atom is 0.331 e. The Hall–Kier alpha value is -2.14. The lowest BCUT2D eigenvalue weighted by atomic mass is 10.2. The Labute approximate surface area is 108 Å². The first-order chi connectivity index (χ1) is 8.66. The quantitative estimate of drug-likeness (QED) is 0.483. The number of rotatable bonds is 4. The van der Waals surface area contributed by atoms with Crippen LogP contribution in [0.2, 0.25) is 5.15 Å². The summed E-state index contributed by atoms with van der Waals surface area (Å²) in [5.41, 5.74) is 0.698. The highest BCUT2D eigenvalue weighted by atomic mass is 35.5. The van der Waals surface area contributed by atoms with Crippen LogP contribution in [0.3, 0.4) is 0 Å². The van der Waals surface area contributed by atoms with Gasteiger partial charge in [0.05, 0.1) is 4.92 Å². The number of nitro groups is 1. The van der Waals surface area contributed by atoms with E-state index in [0.29, 0.717) is 0 Å². The summed E-state index contributed by atoms with van der Waals surface area (Å²) >= 11 is 5.69. The fourth-order valence-corrected chi connectivity index (χ4v) is 1.52. The topological polar surface area (TPSA) is 65.3 Å². The second-order valence-corrected chi connectivity index (χ2v) is 3.88. The summed E-state index contributed by atoms with van der Waals surface area (Å²) in [4.78, 5) is 14.0. The molecular formula is C12H9ClN2O3. The number of aromatic nitrogens is 1. The highest BCUT2D eigenvalue weighted by Gasteiger charge is 2.17. The van der Waals surface area contributed by atoms with Gasteiger partial charge in [0.25, 0.3) is 5.88 Å². The molecule has 0 bridgehead atoms. The van der Waals surface area contributed by atoms with Crippen molar-refractivity contribution in [3.63, 3.8) is 0 Å². The molecule has 0 N–H and O–H groups in total. The van der Waals surface area contributed by atoms with Crippen molar-refractivity contribution in [3.05, 3.63) is 63.3 Å². The summed E-state index contributed by atoms with van der Waals surface area (Å²) in [6, 6.07) is 11.9. The molecule has 0 unspecified atom stereocenters. The lowest BCUT2D eigenvalue weighted by Gasteiger charge is -2.05. The molecular weight excluding hydrogens is 256 g/mol. The van der Waals surface area contributed by atoms with E-state index in [1.54, 1.807) is 0 Å². The Balaban J connectivity index is 2.18. The first-order valence-corrected chi connectivity index (χ1v) is 5.52. The minimum atomic E-state index is -0.552. The Kier molecular flexibility index (Phi) is 3.74. The summed E-state index contributed by atoms with van der Waals surface area (Å²) in [7, 11) is 0. The zero-order valence-electron chi connectivity index (χ0n) is 9.25. The van der Waals surface area contributed by atoms with Crippen LogP contribution in [0.4, 0.5) is 5.69 Å². The van der Waals surface area contributed by atoms with Gasteiger partial charge in [0.1, 0.15) is 11.8 Å². The zero-order valence-corrected chi connectivity index (χ0v) is 10.0. The monoisotopic (exact) mass is 264 g/mol. The SMILES string of the molecule is O=[N+]([O-])c1ccc(Cl)nc1OCc1ccccc1. The van der Waals surface area contributed by atoms with E-state index in [1.807, 2.05) is 30.3 Å². The van der Waals surface area contributed by atoms with Gasteiger partial charge in [-0.3, -0.25) is 10.1 Å². The average molecular weight is 265 g/mol. The van der Waals surface area contributed by atoms with E-state index in [2.05, 4.69) is 4.98 Å². The molecule has 0 radical (unpaired) electrons. The van der Waals surface area contributed by atoms with Crippen molar-refractivity contribution >= 4 is 17.3 Å². The summed E-state index contributed by atoms with van der Waals surface area (Å²) in [5, 5.41) is 10.9. The molecule has 0 spiro atoms. The molecule has 2 aromatic rings. The van der Waals surface area contributed by atoms with E-state index in [-0.39, 0.29) is 23.3 Å². The molecule has 92 valence electrons. The van der Waals surface area contributed by atoms with Gasteiger partial charge in [0, 0.05) is 6.07 Å². The van der Waals surface area contributed by atoms with Gasteiger partial charge < -0.3 is 4.74 Å². The summed E-state index contributed by atoms with van der Waals surface area (Å²) < 4.78 is 5.33. The standard InChI is InChI=1S/C12H9ClN2O3/c13-11-7-6-10(15(16)17)12(14-11)18-8-9-4-2-1-3-5-9/h1-7H,8H2. The molecule has 0 saturated carbocycles. The van der Waals surface area contributed by atoms with E-state index in [4.69, 9.17) is 16.3 Å². The lowest BCUT2D eigenvalue weighted by molar-refractivity contribution is -0.386. The van der Waals surface area contributed by atoms with Crippen molar-refractivity contribution in [2.75, 3.05) is 0 Å². The summed E-state index contributed by atoms with van der Waals surface area (Å²) in [6.45, 7) is 0.203. The minimum absolute atomic E-state index is 0.0728. The van der Waals surface area contributed by atoms with Crippen molar-refractivity contribution in [2.24, 2.45) is 0 Å². The molecule has 5 nitrogen and oxygen atoms in total. The van der Waals surface area contributed by atoms with Gasteiger partial charge in [-0.25, -0.2) is 0 Å². The molecule has 18 heavy (non-hydrogen) atoms. The molecule has 2 rings (SSSR count). The largest absolute Gasteiger partial charge is 0.468 e. The number of halogens is 1. The molecule has 0 atom stereocenters. The van der Waals surface area contributed by atoms with Gasteiger partial charge in [-0.15, -0.1) is 0 Å². The number of hydrogen-bond donors (Lipinski definition) is 0. The summed E-state index contributed by atoms with van der Waals surface area (Å²) in [6.07, 6.45) is 0. The van der Waals surface area contributed by atoms with Crippen molar-refractivity contribution in [1.82, 2.24) is 4.98 Å². The second kappa shape index (κ2) is 5.46. The molecule has 1 heterocycles. The predicted octanol–water partition coefficient (Wildman–Crippen LogP) is 3.22. The predicted molar refractivity (Wildman–Crippen MR) is 66.7 cm³/mol. The van der Waals surface area contributed by atoms with E-state index >= 15 is 0 Å². The number of nitrogens with zero attached hydrogens (tertiary/aromatic N) is 2. The zero-order chi connectivity index (χ0) is 13.0. The Morgan fingerprint density at radius 1 is 1.22 bits per heavy atom. The van der Waals surface area contributed by atoms with Gasteiger partial charge in [-0.2, -0.15) is 4.98 Å². The lowest BCUT2D eigenvalue weighted by Crippen LogP contribution is -2.01. The minimum Gasteiger partial charge on any atom is -0.468 e. The third-order valence-corrected chi connectivity index (χ3v) is 2.43. The van der Waals surface area contributed by atoms with Gasteiger partial charge in [0.15, 0.2) is 0 Å². The Morgan fingerprint density at radius 3 is 2.61 bits per heavy atom. The number of benzene rings is 1. The van der Waals surface area contributed by atoms with Crippen LogP contribution in [0.15, 0.2) is 42.5 Å². The smallest absolute Gasteiger partial charge is 0.331 e. The normalized spacial score (nSPS) is 10.1. The van der Waals surface area contributed by atoms with Crippen molar-refractivity contribution < 1.29 is 9.66 Å². The van der Waals surface area contributed by atoms with Gasteiger partial charge >= 0.3 is 5.69 Å². The van der Waals surface area contributed by atoms with E-state index in [1.165, 1.54) is 12.1 Å². The van der Waals surface area contributed by atoms with Crippen LogP contribution < -0.4 is 4.74 Å². The maximum absolute atomic E-state index is 10.8. The molecule has 0 fully saturated rings. The Morgan fingerprint density at radius 2 is 1.94 bits per heavy atom. The third kappa shape index (κ3) is 2.95. The summed E-state index contributed by atoms with van der Waals surface area (Å²) in [5.74, 6) is -0.0728. The number of ether oxygens (including phenoxy) is 1. The average Bonchev–Trinajstić information content (AvgIpc) is 2.37. The van der Waals surface area contributed by atoms with Crippen molar-refractivity contribution in [3.8, 4) is 5.88 Å². The molecule has 0 aliphatic rings. The molecule has 1 aromatic carbocycles. The number of pyridine rings is 1. The second-order valence-electron chi connectivity index (χ2n) is 3.49. The molecule has 0 aliphatic carbocycles. The fraction of sp³-hybridized carbons (Fsp3) is 0.0833. The molecule has 0 aliphatic heterocycles. The molecule has 0 saturated heterocycles. The number of hydrogen-bond acceptors (Lipinski definition) is 4. The van der Waals surface area contributed by atoms with Gasteiger partial charge in [-0.05, 0) is 11.6 Å². The molecule has 0 amide bonds. The third-order valence-electron chi connectivity index (χ3n) is 2.22. The maximum atomic E-state index is 10.8.